The van der Waals surface area contributed by atoms with E-state index in [-0.39, 0.29) is 23.5 Å². The SMILES string of the molecule is COc1ccc2cc(CN(Cc3ccccc3)S(=O)(=O)c3ccccc3Br)c(=O)[nH]c2c1. The van der Waals surface area contributed by atoms with E-state index in [0.29, 0.717) is 21.3 Å². The van der Waals surface area contributed by atoms with Crippen molar-refractivity contribution in [3.63, 3.8) is 0 Å². The molecule has 164 valence electrons. The number of pyridine rings is 1. The third-order valence-corrected chi connectivity index (χ3v) is 7.94. The van der Waals surface area contributed by atoms with E-state index in [2.05, 4.69) is 20.9 Å². The molecule has 0 aliphatic rings. The topological polar surface area (TPSA) is 79.5 Å². The molecule has 1 heterocycles. The maximum absolute atomic E-state index is 13.6. The summed E-state index contributed by atoms with van der Waals surface area (Å²) in [5, 5.41) is 0.790. The minimum absolute atomic E-state index is 0.0735. The van der Waals surface area contributed by atoms with Crippen molar-refractivity contribution < 1.29 is 13.2 Å². The number of sulfonamides is 1. The molecule has 3 aromatic carbocycles. The number of aromatic amines is 1. The van der Waals surface area contributed by atoms with Gasteiger partial charge in [-0.2, -0.15) is 4.31 Å². The maximum atomic E-state index is 13.6. The van der Waals surface area contributed by atoms with Crippen molar-refractivity contribution in [1.82, 2.24) is 9.29 Å². The van der Waals surface area contributed by atoms with Gasteiger partial charge in [0.25, 0.3) is 5.56 Å². The van der Waals surface area contributed by atoms with E-state index in [4.69, 9.17) is 4.74 Å². The van der Waals surface area contributed by atoms with Crippen molar-refractivity contribution in [2.24, 2.45) is 0 Å². The Labute approximate surface area is 194 Å². The number of methoxy groups -OCH3 is 1. The smallest absolute Gasteiger partial charge is 0.252 e. The molecule has 0 bridgehead atoms. The molecule has 0 fully saturated rings. The zero-order valence-corrected chi connectivity index (χ0v) is 19.7. The average Bonchev–Trinajstić information content (AvgIpc) is 2.79. The van der Waals surface area contributed by atoms with E-state index in [0.717, 1.165) is 10.9 Å². The van der Waals surface area contributed by atoms with Crippen molar-refractivity contribution >= 4 is 36.9 Å². The lowest BCUT2D eigenvalue weighted by Gasteiger charge is -2.23. The van der Waals surface area contributed by atoms with Gasteiger partial charge in [-0.25, -0.2) is 8.42 Å². The number of nitrogens with zero attached hydrogens (tertiary/aromatic N) is 1. The van der Waals surface area contributed by atoms with Crippen molar-refractivity contribution in [2.45, 2.75) is 18.0 Å². The molecule has 0 radical (unpaired) electrons. The quantitative estimate of drug-likeness (QED) is 0.389. The minimum Gasteiger partial charge on any atom is -0.497 e. The van der Waals surface area contributed by atoms with Crippen molar-refractivity contribution in [3.05, 3.63) is 105 Å². The highest BCUT2D eigenvalue weighted by Gasteiger charge is 2.27. The van der Waals surface area contributed by atoms with E-state index in [1.165, 1.54) is 4.31 Å². The molecular weight excluding hydrogens is 492 g/mol. The lowest BCUT2D eigenvalue weighted by Crippen LogP contribution is -2.32. The lowest BCUT2D eigenvalue weighted by atomic mass is 10.1. The number of rotatable bonds is 7. The zero-order valence-electron chi connectivity index (χ0n) is 17.3. The van der Waals surface area contributed by atoms with Gasteiger partial charge in [0.15, 0.2) is 0 Å². The Morgan fingerprint density at radius 2 is 1.66 bits per heavy atom. The van der Waals surface area contributed by atoms with Crippen LogP contribution in [0.4, 0.5) is 0 Å². The number of nitrogens with one attached hydrogen (secondary N) is 1. The minimum atomic E-state index is -3.90. The molecule has 0 aliphatic carbocycles. The summed E-state index contributed by atoms with van der Waals surface area (Å²) in [6.07, 6.45) is 0. The number of ether oxygens (including phenoxy) is 1. The van der Waals surface area contributed by atoms with Crippen LogP contribution in [0, 0.1) is 0 Å². The monoisotopic (exact) mass is 512 g/mol. The van der Waals surface area contributed by atoms with Crippen LogP contribution in [0.3, 0.4) is 0 Å². The number of aromatic nitrogens is 1. The standard InChI is InChI=1S/C24H21BrN2O4S/c1-31-20-12-11-18-13-19(24(28)26-22(18)14-20)16-27(15-17-7-3-2-4-8-17)32(29,30)23-10-6-5-9-21(23)25/h2-14H,15-16H2,1H3,(H,26,28). The summed E-state index contributed by atoms with van der Waals surface area (Å²) in [6.45, 7) is 0.0560. The molecule has 1 aromatic heterocycles. The molecule has 6 nitrogen and oxygen atoms in total. The highest BCUT2D eigenvalue weighted by atomic mass is 79.9. The van der Waals surface area contributed by atoms with Gasteiger partial charge >= 0.3 is 0 Å². The zero-order chi connectivity index (χ0) is 22.7. The van der Waals surface area contributed by atoms with Crippen LogP contribution >= 0.6 is 15.9 Å². The molecular formula is C24H21BrN2O4S. The number of halogens is 1. The Kier molecular flexibility index (Phi) is 6.45. The van der Waals surface area contributed by atoms with Crippen molar-refractivity contribution in [2.75, 3.05) is 7.11 Å². The van der Waals surface area contributed by atoms with Crippen LogP contribution in [0.15, 0.2) is 93.0 Å². The summed E-state index contributed by atoms with van der Waals surface area (Å²) >= 11 is 3.35. The third-order valence-electron chi connectivity index (χ3n) is 5.13. The fourth-order valence-corrected chi connectivity index (χ4v) is 5.84. The average molecular weight is 513 g/mol. The Morgan fingerprint density at radius 3 is 2.38 bits per heavy atom. The highest BCUT2D eigenvalue weighted by Crippen LogP contribution is 2.27. The van der Waals surface area contributed by atoms with Gasteiger partial charge in [-0.05, 0) is 57.2 Å². The fourth-order valence-electron chi connectivity index (χ4n) is 3.47. The van der Waals surface area contributed by atoms with Crippen LogP contribution in [-0.4, -0.2) is 24.8 Å². The molecule has 4 aromatic rings. The molecule has 0 aliphatic heterocycles. The number of hydrogen-bond donors (Lipinski definition) is 1. The van der Waals surface area contributed by atoms with E-state index in [1.807, 2.05) is 36.4 Å². The summed E-state index contributed by atoms with van der Waals surface area (Å²) in [5.41, 5.74) is 1.46. The largest absolute Gasteiger partial charge is 0.497 e. The Balaban J connectivity index is 1.78. The first kappa shape index (κ1) is 22.3. The van der Waals surface area contributed by atoms with Gasteiger partial charge in [0, 0.05) is 29.2 Å². The second-order valence-corrected chi connectivity index (χ2v) is 10.0. The molecule has 0 unspecified atom stereocenters. The van der Waals surface area contributed by atoms with Gasteiger partial charge in [-0.3, -0.25) is 4.79 Å². The highest BCUT2D eigenvalue weighted by molar-refractivity contribution is 9.10. The van der Waals surface area contributed by atoms with Gasteiger partial charge in [0.1, 0.15) is 5.75 Å². The predicted octanol–water partition coefficient (Wildman–Crippen LogP) is 4.69. The normalized spacial score (nSPS) is 11.7. The Bertz CT molecular complexity index is 1420. The van der Waals surface area contributed by atoms with Crippen molar-refractivity contribution in [1.29, 1.82) is 0 Å². The molecule has 0 amide bonds. The van der Waals surface area contributed by atoms with Gasteiger partial charge in [0.2, 0.25) is 10.0 Å². The van der Waals surface area contributed by atoms with Gasteiger partial charge < -0.3 is 9.72 Å². The number of hydrogen-bond acceptors (Lipinski definition) is 4. The summed E-state index contributed by atoms with van der Waals surface area (Å²) in [7, 11) is -2.34. The number of H-pyrrole nitrogens is 1. The van der Waals surface area contributed by atoms with Crippen LogP contribution in [0.5, 0.6) is 5.75 Å². The van der Waals surface area contributed by atoms with Crippen LogP contribution in [0.1, 0.15) is 11.1 Å². The molecule has 0 spiro atoms. The Morgan fingerprint density at radius 1 is 0.938 bits per heavy atom. The lowest BCUT2D eigenvalue weighted by molar-refractivity contribution is 0.399. The van der Waals surface area contributed by atoms with E-state index >= 15 is 0 Å². The summed E-state index contributed by atoms with van der Waals surface area (Å²) in [5.74, 6) is 0.628. The van der Waals surface area contributed by atoms with Crippen LogP contribution in [0.2, 0.25) is 0 Å². The van der Waals surface area contributed by atoms with Gasteiger partial charge in [-0.1, -0.05) is 42.5 Å². The molecule has 0 saturated heterocycles. The third kappa shape index (κ3) is 4.62. The predicted molar refractivity (Wildman–Crippen MR) is 128 cm³/mol. The fraction of sp³-hybridized carbons (Fsp3) is 0.125. The van der Waals surface area contributed by atoms with E-state index in [9.17, 15) is 13.2 Å². The van der Waals surface area contributed by atoms with Crippen molar-refractivity contribution in [3.8, 4) is 5.75 Å². The molecule has 4 rings (SSSR count). The second kappa shape index (κ2) is 9.28. The van der Waals surface area contributed by atoms with E-state index in [1.54, 1.807) is 49.6 Å². The number of fused-ring (bicyclic) bond motifs is 1. The molecule has 0 atom stereocenters. The number of benzene rings is 3. The van der Waals surface area contributed by atoms with Crippen LogP contribution in [-0.2, 0) is 23.1 Å². The second-order valence-electron chi connectivity index (χ2n) is 7.27. The summed E-state index contributed by atoms with van der Waals surface area (Å²) < 4.78 is 34.2. The molecule has 32 heavy (non-hydrogen) atoms. The van der Waals surface area contributed by atoms with Gasteiger partial charge in [-0.15, -0.1) is 0 Å². The first-order valence-electron chi connectivity index (χ1n) is 9.87. The molecule has 8 heteroatoms. The van der Waals surface area contributed by atoms with Crippen LogP contribution < -0.4 is 10.3 Å². The Hall–Kier alpha value is -2.94. The first-order chi connectivity index (χ1) is 15.4. The summed E-state index contributed by atoms with van der Waals surface area (Å²) in [4.78, 5) is 15.8. The maximum Gasteiger partial charge on any atom is 0.252 e. The summed E-state index contributed by atoms with van der Waals surface area (Å²) in [6, 6.07) is 23.1. The van der Waals surface area contributed by atoms with Crippen LogP contribution in [0.25, 0.3) is 10.9 Å². The molecule has 0 saturated carbocycles. The first-order valence-corrected chi connectivity index (χ1v) is 12.1. The molecule has 1 N–H and O–H groups in total. The van der Waals surface area contributed by atoms with Gasteiger partial charge in [0.05, 0.1) is 17.5 Å². The van der Waals surface area contributed by atoms with E-state index < -0.39 is 10.0 Å².